The van der Waals surface area contributed by atoms with E-state index in [1.807, 2.05) is 91.0 Å². The van der Waals surface area contributed by atoms with Gasteiger partial charge in [0.05, 0.1) is 6.61 Å². The Labute approximate surface area is 280 Å². The van der Waals surface area contributed by atoms with E-state index in [4.69, 9.17) is 18.9 Å². The summed E-state index contributed by atoms with van der Waals surface area (Å²) in [5.41, 5.74) is 1.19. The van der Waals surface area contributed by atoms with Crippen LogP contribution in [0.4, 0.5) is 4.79 Å². The summed E-state index contributed by atoms with van der Waals surface area (Å²) in [7, 11) is 0. The van der Waals surface area contributed by atoms with E-state index in [9.17, 15) is 24.3 Å². The Balaban J connectivity index is 1.58. The van der Waals surface area contributed by atoms with E-state index in [1.165, 1.54) is 6.92 Å². The lowest BCUT2D eigenvalue weighted by Crippen LogP contribution is -2.68. The molecule has 0 aliphatic carbocycles. The molecule has 2 heterocycles. The standard InChI is InChI=1S/C37H42N2O9/c1-25(40)39(36(44)38-22-14-7-15-23-38)35-34(47-27(3)42)33(46-26(2)41)32(43)31(48-35)24-45-37(28-16-8-4-9-17-28,29-18-10-5-11-19-29)30-20-12-6-13-21-30/h4-6,8-13,16-21,31-35,43H,7,14-15,22-24H2,1-3H3/t31-,32-,33+,34+,35+/m1/s1. The van der Waals surface area contributed by atoms with E-state index in [0.29, 0.717) is 13.1 Å². The molecule has 11 heteroatoms. The van der Waals surface area contributed by atoms with E-state index in [1.54, 1.807) is 4.90 Å². The number of carbonyl (C=O) groups excluding carboxylic acids is 4. The Morgan fingerprint density at radius 2 is 1.21 bits per heavy atom. The zero-order valence-electron chi connectivity index (χ0n) is 27.4. The molecule has 2 saturated heterocycles. The third-order valence-corrected chi connectivity index (χ3v) is 8.67. The molecular weight excluding hydrogens is 616 g/mol. The monoisotopic (exact) mass is 658 g/mol. The van der Waals surface area contributed by atoms with Crippen molar-refractivity contribution in [1.29, 1.82) is 0 Å². The molecule has 254 valence electrons. The number of carbonyl (C=O) groups is 4. The maximum Gasteiger partial charge on any atom is 0.328 e. The molecule has 11 nitrogen and oxygen atoms in total. The minimum absolute atomic E-state index is 0.287. The largest absolute Gasteiger partial charge is 0.456 e. The SMILES string of the molecule is CC(=O)O[C@H]1[C@H](O)[C@@H](COC(c2ccccc2)(c2ccccc2)c2ccccc2)O[C@H](N(C(C)=O)C(=O)N2CCCCC2)[C@H]1OC(C)=O. The molecule has 2 fully saturated rings. The van der Waals surface area contributed by atoms with Crippen LogP contribution in [0.1, 0.15) is 56.7 Å². The first-order valence-electron chi connectivity index (χ1n) is 16.2. The number of benzene rings is 3. The number of nitrogens with zero attached hydrogens (tertiary/aromatic N) is 2. The molecule has 2 aliphatic heterocycles. The fraction of sp³-hybridized carbons (Fsp3) is 0.405. The highest BCUT2D eigenvalue weighted by Crippen LogP contribution is 2.41. The van der Waals surface area contributed by atoms with Crippen molar-refractivity contribution in [2.45, 2.75) is 76.3 Å². The van der Waals surface area contributed by atoms with Crippen molar-refractivity contribution < 1.29 is 43.2 Å². The van der Waals surface area contributed by atoms with Crippen LogP contribution in [0.5, 0.6) is 0 Å². The summed E-state index contributed by atoms with van der Waals surface area (Å²) in [6, 6.07) is 28.1. The molecule has 0 spiro atoms. The summed E-state index contributed by atoms with van der Waals surface area (Å²) in [5, 5.41) is 11.7. The molecule has 3 aromatic rings. The minimum atomic E-state index is -1.58. The highest BCUT2D eigenvalue weighted by molar-refractivity contribution is 5.93. The van der Waals surface area contributed by atoms with E-state index >= 15 is 0 Å². The lowest BCUT2D eigenvalue weighted by Gasteiger charge is -2.47. The van der Waals surface area contributed by atoms with Gasteiger partial charge in [-0.25, -0.2) is 9.69 Å². The molecule has 0 radical (unpaired) electrons. The number of aliphatic hydroxyl groups excluding tert-OH is 1. The van der Waals surface area contributed by atoms with E-state index in [2.05, 4.69) is 0 Å². The van der Waals surface area contributed by atoms with E-state index in [-0.39, 0.29) is 6.61 Å². The van der Waals surface area contributed by atoms with Crippen LogP contribution in [0, 0.1) is 0 Å². The number of aliphatic hydroxyl groups is 1. The van der Waals surface area contributed by atoms with Crippen LogP contribution >= 0.6 is 0 Å². The van der Waals surface area contributed by atoms with Gasteiger partial charge in [-0.15, -0.1) is 0 Å². The van der Waals surface area contributed by atoms with E-state index < -0.39 is 60.1 Å². The zero-order valence-corrected chi connectivity index (χ0v) is 27.4. The Bertz CT molecular complexity index is 1450. The van der Waals surface area contributed by atoms with Crippen LogP contribution in [0.3, 0.4) is 0 Å². The molecular formula is C37H42N2O9. The second-order valence-corrected chi connectivity index (χ2v) is 12.0. The molecule has 3 amide bonds. The minimum Gasteiger partial charge on any atom is -0.456 e. The number of urea groups is 1. The van der Waals surface area contributed by atoms with Crippen molar-refractivity contribution >= 4 is 23.9 Å². The Hall–Kier alpha value is -4.58. The number of esters is 2. The number of rotatable bonds is 9. The van der Waals surface area contributed by atoms with Crippen molar-refractivity contribution in [1.82, 2.24) is 9.80 Å². The Kier molecular flexibility index (Phi) is 11.3. The van der Waals surface area contributed by atoms with Crippen LogP contribution in [0.25, 0.3) is 0 Å². The predicted molar refractivity (Wildman–Crippen MR) is 174 cm³/mol. The number of ether oxygens (including phenoxy) is 4. The summed E-state index contributed by atoms with van der Waals surface area (Å²) in [5.74, 6) is -2.21. The molecule has 0 aromatic heterocycles. The van der Waals surface area contributed by atoms with Crippen LogP contribution in [-0.4, -0.2) is 89.1 Å². The lowest BCUT2D eigenvalue weighted by atomic mass is 9.80. The third-order valence-electron chi connectivity index (χ3n) is 8.67. The van der Waals surface area contributed by atoms with Gasteiger partial charge in [0.15, 0.2) is 18.4 Å². The number of imide groups is 1. The van der Waals surface area contributed by atoms with Gasteiger partial charge in [-0.3, -0.25) is 14.4 Å². The molecule has 3 aromatic carbocycles. The van der Waals surface area contributed by atoms with Gasteiger partial charge in [-0.2, -0.15) is 0 Å². The fourth-order valence-electron chi connectivity index (χ4n) is 6.53. The summed E-state index contributed by atoms with van der Waals surface area (Å²) < 4.78 is 24.4. The first kappa shape index (κ1) is 34.7. The van der Waals surface area contributed by atoms with Crippen molar-refractivity contribution in [2.75, 3.05) is 19.7 Å². The molecule has 5 rings (SSSR count). The first-order chi connectivity index (χ1) is 23.1. The average Bonchev–Trinajstić information content (AvgIpc) is 3.09. The van der Waals surface area contributed by atoms with Crippen LogP contribution in [-0.2, 0) is 38.9 Å². The summed E-state index contributed by atoms with van der Waals surface area (Å²) in [6.45, 7) is 4.08. The van der Waals surface area contributed by atoms with Crippen molar-refractivity contribution in [3.05, 3.63) is 108 Å². The lowest BCUT2D eigenvalue weighted by molar-refractivity contribution is -0.271. The van der Waals surface area contributed by atoms with Crippen LogP contribution in [0.2, 0.25) is 0 Å². The van der Waals surface area contributed by atoms with E-state index in [0.717, 1.165) is 54.7 Å². The quantitative estimate of drug-likeness (QED) is 0.263. The molecule has 2 aliphatic rings. The molecule has 0 unspecified atom stereocenters. The molecule has 48 heavy (non-hydrogen) atoms. The smallest absolute Gasteiger partial charge is 0.328 e. The average molecular weight is 659 g/mol. The van der Waals surface area contributed by atoms with Gasteiger partial charge in [0.25, 0.3) is 0 Å². The van der Waals surface area contributed by atoms with Crippen LogP contribution < -0.4 is 0 Å². The van der Waals surface area contributed by atoms with Gasteiger partial charge < -0.3 is 29.0 Å². The van der Waals surface area contributed by atoms with Gasteiger partial charge >= 0.3 is 18.0 Å². The van der Waals surface area contributed by atoms with Crippen molar-refractivity contribution in [3.8, 4) is 0 Å². The zero-order chi connectivity index (χ0) is 34.3. The Morgan fingerprint density at radius 3 is 1.65 bits per heavy atom. The maximum atomic E-state index is 13.9. The number of piperidine rings is 1. The number of amides is 3. The van der Waals surface area contributed by atoms with Crippen molar-refractivity contribution in [3.63, 3.8) is 0 Å². The molecule has 0 saturated carbocycles. The second-order valence-electron chi connectivity index (χ2n) is 12.0. The molecule has 1 N–H and O–H groups in total. The molecule has 5 atom stereocenters. The van der Waals surface area contributed by atoms with Crippen LogP contribution in [0.15, 0.2) is 91.0 Å². The normalized spacial score (nSPS) is 22.8. The van der Waals surface area contributed by atoms with Gasteiger partial charge in [0.2, 0.25) is 5.91 Å². The van der Waals surface area contributed by atoms with Crippen molar-refractivity contribution in [2.24, 2.45) is 0 Å². The highest BCUT2D eigenvalue weighted by atomic mass is 16.6. The second kappa shape index (κ2) is 15.5. The summed E-state index contributed by atoms with van der Waals surface area (Å²) in [6.07, 6.45) is -4.89. The predicted octanol–water partition coefficient (Wildman–Crippen LogP) is 4.40. The maximum absolute atomic E-state index is 13.9. The number of likely N-dealkylation sites (tertiary alicyclic amines) is 1. The third kappa shape index (κ3) is 7.43. The first-order valence-corrected chi connectivity index (χ1v) is 16.2. The van der Waals surface area contributed by atoms with Gasteiger partial charge in [-0.1, -0.05) is 91.0 Å². The topological polar surface area (TPSA) is 132 Å². The summed E-state index contributed by atoms with van der Waals surface area (Å²) >= 11 is 0. The Morgan fingerprint density at radius 1 is 0.750 bits per heavy atom. The van der Waals surface area contributed by atoms with Gasteiger partial charge in [0, 0.05) is 33.9 Å². The fourth-order valence-corrected chi connectivity index (χ4v) is 6.53. The molecule has 0 bridgehead atoms. The summed E-state index contributed by atoms with van der Waals surface area (Å²) in [4.78, 5) is 54.2. The highest BCUT2D eigenvalue weighted by Gasteiger charge is 2.54. The van der Waals surface area contributed by atoms with Gasteiger partial charge in [-0.05, 0) is 36.0 Å². The van der Waals surface area contributed by atoms with Gasteiger partial charge in [0.1, 0.15) is 17.8 Å². The number of hydrogen-bond donors (Lipinski definition) is 1. The number of hydrogen-bond acceptors (Lipinski definition) is 9.